The van der Waals surface area contributed by atoms with E-state index >= 15 is 0 Å². The number of hydrogen-bond acceptors (Lipinski definition) is 2. The molecule has 1 aromatic rings. The van der Waals surface area contributed by atoms with Crippen LogP contribution < -0.4 is 0 Å². The molecule has 0 heterocycles. The number of carbonyl (C=O) groups is 2. The van der Waals surface area contributed by atoms with Gasteiger partial charge in [0.15, 0.2) is 0 Å². The summed E-state index contributed by atoms with van der Waals surface area (Å²) in [6.45, 7) is 5.03. The number of amides is 1. The van der Waals surface area contributed by atoms with Crippen LogP contribution in [0.3, 0.4) is 0 Å². The first kappa shape index (κ1) is 14.6. The highest BCUT2D eigenvalue weighted by Gasteiger charge is 2.32. The Hall–Kier alpha value is -1.84. The maximum Gasteiger partial charge on any atom is 0.335 e. The lowest BCUT2D eigenvalue weighted by atomic mass is 10.1. The van der Waals surface area contributed by atoms with Gasteiger partial charge in [0.05, 0.1) is 12.0 Å². The molecule has 4 heteroatoms. The molecular weight excluding hydrogens is 254 g/mol. The van der Waals surface area contributed by atoms with Crippen molar-refractivity contribution in [2.24, 2.45) is 5.92 Å². The van der Waals surface area contributed by atoms with Gasteiger partial charge in [-0.15, -0.1) is 0 Å². The van der Waals surface area contributed by atoms with Gasteiger partial charge in [-0.2, -0.15) is 0 Å². The summed E-state index contributed by atoms with van der Waals surface area (Å²) in [5.74, 6) is -0.333. The molecule has 0 aromatic heterocycles. The van der Waals surface area contributed by atoms with Crippen molar-refractivity contribution >= 4 is 11.9 Å². The Morgan fingerprint density at radius 1 is 1.25 bits per heavy atom. The molecular formula is C16H21NO3. The molecule has 0 spiro atoms. The van der Waals surface area contributed by atoms with Gasteiger partial charge in [-0.05, 0) is 36.5 Å². The van der Waals surface area contributed by atoms with Crippen molar-refractivity contribution in [3.63, 3.8) is 0 Å². The third-order valence-corrected chi connectivity index (χ3v) is 3.43. The number of hydrogen-bond donors (Lipinski definition) is 1. The minimum absolute atomic E-state index is 0.143. The van der Waals surface area contributed by atoms with Crippen LogP contribution in [0.1, 0.15) is 42.6 Å². The normalized spacial score (nSPS) is 14.3. The molecule has 2 rings (SSSR count). The molecule has 0 radical (unpaired) electrons. The first-order valence-electron chi connectivity index (χ1n) is 7.09. The van der Waals surface area contributed by atoms with Gasteiger partial charge in [-0.25, -0.2) is 4.79 Å². The molecule has 0 aliphatic heterocycles. The van der Waals surface area contributed by atoms with E-state index in [2.05, 4.69) is 13.8 Å². The van der Waals surface area contributed by atoms with E-state index < -0.39 is 5.97 Å². The summed E-state index contributed by atoms with van der Waals surface area (Å²) in [6.07, 6.45) is 2.57. The van der Waals surface area contributed by atoms with Gasteiger partial charge in [0.25, 0.3) is 0 Å². The monoisotopic (exact) mass is 275 g/mol. The van der Waals surface area contributed by atoms with Gasteiger partial charge >= 0.3 is 5.97 Å². The lowest BCUT2D eigenvalue weighted by Crippen LogP contribution is -2.37. The lowest BCUT2D eigenvalue weighted by Gasteiger charge is -2.24. The summed E-state index contributed by atoms with van der Waals surface area (Å²) in [5, 5.41) is 8.85. The van der Waals surface area contributed by atoms with E-state index in [1.807, 2.05) is 4.90 Å². The van der Waals surface area contributed by atoms with E-state index in [1.54, 1.807) is 24.3 Å². The topological polar surface area (TPSA) is 57.6 Å². The largest absolute Gasteiger partial charge is 0.478 e. The first-order valence-corrected chi connectivity index (χ1v) is 7.09. The van der Waals surface area contributed by atoms with Crippen molar-refractivity contribution in [1.29, 1.82) is 0 Å². The SMILES string of the molecule is CC(C)CN(C(=O)Cc1ccc(C(=O)O)cc1)C1CC1. The third-order valence-electron chi connectivity index (χ3n) is 3.43. The van der Waals surface area contributed by atoms with E-state index in [0.717, 1.165) is 24.9 Å². The first-order chi connectivity index (χ1) is 9.47. The molecule has 1 aromatic carbocycles. The molecule has 1 fully saturated rings. The molecule has 4 nitrogen and oxygen atoms in total. The number of carboxylic acids is 1. The van der Waals surface area contributed by atoms with E-state index in [4.69, 9.17) is 5.11 Å². The number of rotatable bonds is 6. The van der Waals surface area contributed by atoms with Gasteiger partial charge in [-0.1, -0.05) is 26.0 Å². The van der Waals surface area contributed by atoms with Crippen LogP contribution in [0.5, 0.6) is 0 Å². The minimum atomic E-state index is -0.942. The Kier molecular flexibility index (Phi) is 4.42. The standard InChI is InChI=1S/C16H21NO3/c1-11(2)10-17(14-7-8-14)15(18)9-12-3-5-13(6-4-12)16(19)20/h3-6,11,14H,7-10H2,1-2H3,(H,19,20). The smallest absolute Gasteiger partial charge is 0.335 e. The molecule has 1 aliphatic carbocycles. The van der Waals surface area contributed by atoms with Crippen LogP contribution >= 0.6 is 0 Å². The zero-order valence-corrected chi connectivity index (χ0v) is 12.0. The van der Waals surface area contributed by atoms with Crippen LogP contribution in [0.15, 0.2) is 24.3 Å². The van der Waals surface area contributed by atoms with Crippen molar-refractivity contribution < 1.29 is 14.7 Å². The molecule has 0 atom stereocenters. The van der Waals surface area contributed by atoms with Crippen molar-refractivity contribution in [3.05, 3.63) is 35.4 Å². The van der Waals surface area contributed by atoms with E-state index in [-0.39, 0.29) is 11.5 Å². The maximum absolute atomic E-state index is 12.4. The average molecular weight is 275 g/mol. The zero-order valence-electron chi connectivity index (χ0n) is 12.0. The Bertz CT molecular complexity index is 489. The lowest BCUT2D eigenvalue weighted by molar-refractivity contribution is -0.131. The van der Waals surface area contributed by atoms with Crippen molar-refractivity contribution in [1.82, 2.24) is 4.90 Å². The molecule has 1 N–H and O–H groups in total. The van der Waals surface area contributed by atoms with Gasteiger partial charge in [0, 0.05) is 12.6 Å². The van der Waals surface area contributed by atoms with Crippen molar-refractivity contribution in [2.45, 2.75) is 39.2 Å². The average Bonchev–Trinajstić information content (AvgIpc) is 3.20. The molecule has 108 valence electrons. The Labute approximate surface area is 119 Å². The Morgan fingerprint density at radius 3 is 2.30 bits per heavy atom. The van der Waals surface area contributed by atoms with E-state index in [1.165, 1.54) is 0 Å². The van der Waals surface area contributed by atoms with Crippen molar-refractivity contribution in [2.75, 3.05) is 6.54 Å². The molecule has 0 bridgehead atoms. The quantitative estimate of drug-likeness (QED) is 0.868. The number of aromatic carboxylic acids is 1. The molecule has 20 heavy (non-hydrogen) atoms. The Balaban J connectivity index is 2.00. The van der Waals surface area contributed by atoms with Gasteiger partial charge in [0.2, 0.25) is 5.91 Å². The number of nitrogens with zero attached hydrogens (tertiary/aromatic N) is 1. The fraction of sp³-hybridized carbons (Fsp3) is 0.500. The second-order valence-electron chi connectivity index (χ2n) is 5.85. The van der Waals surface area contributed by atoms with Crippen LogP contribution in [0, 0.1) is 5.92 Å². The van der Waals surface area contributed by atoms with Crippen LogP contribution in [-0.2, 0) is 11.2 Å². The van der Waals surface area contributed by atoms with Crippen LogP contribution in [-0.4, -0.2) is 34.5 Å². The van der Waals surface area contributed by atoms with Gasteiger partial charge in [0.1, 0.15) is 0 Å². The summed E-state index contributed by atoms with van der Waals surface area (Å²) >= 11 is 0. The Morgan fingerprint density at radius 2 is 1.85 bits per heavy atom. The predicted octanol–water partition coefficient (Wildman–Crippen LogP) is 2.57. The summed E-state index contributed by atoms with van der Waals surface area (Å²) in [7, 11) is 0. The number of carboxylic acid groups (broad SMARTS) is 1. The fourth-order valence-corrected chi connectivity index (χ4v) is 2.28. The maximum atomic E-state index is 12.4. The molecule has 0 unspecified atom stereocenters. The fourth-order valence-electron chi connectivity index (χ4n) is 2.28. The molecule has 1 amide bonds. The molecule has 0 saturated heterocycles. The van der Waals surface area contributed by atoms with E-state index in [9.17, 15) is 9.59 Å². The number of carbonyl (C=O) groups excluding carboxylic acids is 1. The molecule has 1 saturated carbocycles. The highest BCUT2D eigenvalue weighted by molar-refractivity contribution is 5.87. The highest BCUT2D eigenvalue weighted by Crippen LogP contribution is 2.28. The second-order valence-corrected chi connectivity index (χ2v) is 5.85. The number of benzene rings is 1. The van der Waals surface area contributed by atoms with Crippen LogP contribution in [0.2, 0.25) is 0 Å². The highest BCUT2D eigenvalue weighted by atomic mass is 16.4. The second kappa shape index (κ2) is 6.07. The summed E-state index contributed by atoms with van der Waals surface area (Å²) in [4.78, 5) is 25.1. The van der Waals surface area contributed by atoms with Gasteiger partial charge in [-0.3, -0.25) is 4.79 Å². The summed E-state index contributed by atoms with van der Waals surface area (Å²) in [5.41, 5.74) is 1.12. The van der Waals surface area contributed by atoms with E-state index in [0.29, 0.717) is 18.4 Å². The molecule has 1 aliphatic rings. The summed E-state index contributed by atoms with van der Waals surface area (Å²) < 4.78 is 0. The van der Waals surface area contributed by atoms with Crippen LogP contribution in [0.25, 0.3) is 0 Å². The minimum Gasteiger partial charge on any atom is -0.478 e. The third kappa shape index (κ3) is 3.83. The predicted molar refractivity (Wildman–Crippen MR) is 76.7 cm³/mol. The summed E-state index contributed by atoms with van der Waals surface area (Å²) in [6, 6.07) is 6.97. The van der Waals surface area contributed by atoms with Gasteiger partial charge < -0.3 is 10.0 Å². The van der Waals surface area contributed by atoms with Crippen LogP contribution in [0.4, 0.5) is 0 Å². The zero-order chi connectivity index (χ0) is 14.7. The van der Waals surface area contributed by atoms with Crippen molar-refractivity contribution in [3.8, 4) is 0 Å².